The summed E-state index contributed by atoms with van der Waals surface area (Å²) in [6, 6.07) is -0.0280. The second kappa shape index (κ2) is 5.32. The summed E-state index contributed by atoms with van der Waals surface area (Å²) in [5.74, 6) is 0. The molecule has 0 aliphatic rings. The number of hydrogen-bond donors (Lipinski definition) is 1. The van der Waals surface area contributed by atoms with Crippen molar-refractivity contribution in [2.45, 2.75) is 38.5 Å². The molecule has 0 aliphatic carbocycles. The van der Waals surface area contributed by atoms with E-state index < -0.39 is 14.6 Å². The highest BCUT2D eigenvalue weighted by atomic mass is 32.2. The maximum atomic E-state index is 11.6. The molecule has 0 bridgehead atoms. The molecule has 0 radical (unpaired) electrons. The maximum Gasteiger partial charge on any atom is 0.153 e. The lowest BCUT2D eigenvalue weighted by molar-refractivity contribution is 0.482. The molecule has 0 amide bonds. The molecule has 1 unspecified atom stereocenters. The number of nitrogens with zero attached hydrogens (tertiary/aromatic N) is 2. The van der Waals surface area contributed by atoms with Gasteiger partial charge in [-0.15, -0.1) is 0 Å². The summed E-state index contributed by atoms with van der Waals surface area (Å²) in [4.78, 5) is 8.44. The second-order valence-electron chi connectivity index (χ2n) is 5.16. The molecular formula is C12H21N3O2S. The van der Waals surface area contributed by atoms with E-state index in [2.05, 4.69) is 15.3 Å². The van der Waals surface area contributed by atoms with Crippen molar-refractivity contribution in [2.24, 2.45) is 0 Å². The topological polar surface area (TPSA) is 72.0 Å². The van der Waals surface area contributed by atoms with Gasteiger partial charge < -0.3 is 5.32 Å². The highest BCUT2D eigenvalue weighted by molar-refractivity contribution is 7.92. The van der Waals surface area contributed by atoms with Crippen LogP contribution in [-0.4, -0.2) is 35.9 Å². The Hall–Kier alpha value is -1.01. The first-order valence-electron chi connectivity index (χ1n) is 5.85. The maximum absolute atomic E-state index is 11.6. The van der Waals surface area contributed by atoms with Gasteiger partial charge in [0, 0.05) is 31.2 Å². The minimum atomic E-state index is -3.09. The van der Waals surface area contributed by atoms with Gasteiger partial charge in [0.05, 0.1) is 16.1 Å². The molecule has 1 heterocycles. The van der Waals surface area contributed by atoms with E-state index in [0.717, 1.165) is 11.4 Å². The first kappa shape index (κ1) is 15.0. The van der Waals surface area contributed by atoms with Crippen molar-refractivity contribution >= 4 is 9.84 Å². The van der Waals surface area contributed by atoms with Gasteiger partial charge in [-0.25, -0.2) is 8.42 Å². The third-order valence-electron chi connectivity index (χ3n) is 3.17. The van der Waals surface area contributed by atoms with E-state index in [1.54, 1.807) is 26.2 Å². The van der Waals surface area contributed by atoms with E-state index in [1.165, 1.54) is 6.26 Å². The van der Waals surface area contributed by atoms with Gasteiger partial charge in [-0.2, -0.15) is 0 Å². The number of nitrogens with one attached hydrogen (secondary N) is 1. The van der Waals surface area contributed by atoms with Crippen molar-refractivity contribution in [2.75, 3.05) is 12.8 Å². The minimum absolute atomic E-state index is 0.0280. The van der Waals surface area contributed by atoms with Gasteiger partial charge in [-0.1, -0.05) is 0 Å². The van der Waals surface area contributed by atoms with Crippen LogP contribution in [0.25, 0.3) is 0 Å². The van der Waals surface area contributed by atoms with E-state index >= 15 is 0 Å². The predicted molar refractivity (Wildman–Crippen MR) is 72.1 cm³/mol. The van der Waals surface area contributed by atoms with Crippen LogP contribution in [0.5, 0.6) is 0 Å². The fourth-order valence-electron chi connectivity index (χ4n) is 1.47. The van der Waals surface area contributed by atoms with Gasteiger partial charge in [-0.05, 0) is 27.7 Å². The second-order valence-corrected chi connectivity index (χ2v) is 7.81. The zero-order valence-electron chi connectivity index (χ0n) is 11.6. The van der Waals surface area contributed by atoms with Crippen LogP contribution in [0.4, 0.5) is 0 Å². The molecule has 0 spiro atoms. The molecule has 0 aromatic carbocycles. The van der Waals surface area contributed by atoms with Gasteiger partial charge >= 0.3 is 0 Å². The lowest BCUT2D eigenvalue weighted by atomic mass is 10.1. The van der Waals surface area contributed by atoms with Crippen molar-refractivity contribution in [3.8, 4) is 0 Å². The summed E-state index contributed by atoms with van der Waals surface area (Å²) in [6.07, 6.45) is 4.54. The van der Waals surface area contributed by atoms with Crippen molar-refractivity contribution in [3.63, 3.8) is 0 Å². The molecule has 1 aromatic heterocycles. The number of aromatic nitrogens is 2. The largest absolute Gasteiger partial charge is 0.307 e. The van der Waals surface area contributed by atoms with Crippen molar-refractivity contribution in [1.29, 1.82) is 0 Å². The Morgan fingerprint density at radius 1 is 1.33 bits per heavy atom. The SMILES string of the molecule is Cc1nccnc1C(C)NCC(C)(C)S(C)(=O)=O. The number of hydrogen-bond acceptors (Lipinski definition) is 5. The fourth-order valence-corrected chi connectivity index (χ4v) is 1.82. The van der Waals surface area contributed by atoms with Crippen molar-refractivity contribution < 1.29 is 8.42 Å². The highest BCUT2D eigenvalue weighted by Gasteiger charge is 2.30. The van der Waals surface area contributed by atoms with Crippen LogP contribution in [0, 0.1) is 6.92 Å². The Labute approximate surface area is 109 Å². The molecule has 5 nitrogen and oxygen atoms in total. The fraction of sp³-hybridized carbons (Fsp3) is 0.667. The zero-order valence-corrected chi connectivity index (χ0v) is 12.4. The Morgan fingerprint density at radius 3 is 2.39 bits per heavy atom. The average Bonchev–Trinajstić information content (AvgIpc) is 2.25. The molecule has 102 valence electrons. The van der Waals surface area contributed by atoms with Crippen LogP contribution in [0.2, 0.25) is 0 Å². The van der Waals surface area contributed by atoms with Gasteiger partial charge in [-0.3, -0.25) is 9.97 Å². The van der Waals surface area contributed by atoms with Gasteiger partial charge in [0.25, 0.3) is 0 Å². The molecule has 1 atom stereocenters. The number of aryl methyl sites for hydroxylation is 1. The first-order chi connectivity index (χ1) is 8.15. The lowest BCUT2D eigenvalue weighted by Gasteiger charge is -2.25. The van der Waals surface area contributed by atoms with E-state index in [1.807, 2.05) is 13.8 Å². The van der Waals surface area contributed by atoms with E-state index in [9.17, 15) is 8.42 Å². The van der Waals surface area contributed by atoms with Crippen LogP contribution in [0.1, 0.15) is 38.2 Å². The summed E-state index contributed by atoms with van der Waals surface area (Å²) in [7, 11) is -3.09. The molecule has 6 heteroatoms. The standard InChI is InChI=1S/C12H21N3O2S/c1-9-11(14-7-6-13-9)10(2)15-8-12(3,4)18(5,16)17/h6-7,10,15H,8H2,1-5H3. The van der Waals surface area contributed by atoms with Crippen LogP contribution >= 0.6 is 0 Å². The summed E-state index contributed by atoms with van der Waals surface area (Å²) >= 11 is 0. The van der Waals surface area contributed by atoms with Gasteiger partial charge in [0.1, 0.15) is 0 Å². The Balaban J connectivity index is 2.74. The molecule has 1 N–H and O–H groups in total. The summed E-state index contributed by atoms with van der Waals surface area (Å²) in [5.41, 5.74) is 1.71. The molecule has 0 saturated heterocycles. The molecule has 0 fully saturated rings. The van der Waals surface area contributed by atoms with E-state index in [0.29, 0.717) is 6.54 Å². The van der Waals surface area contributed by atoms with Crippen LogP contribution in [0.15, 0.2) is 12.4 Å². The van der Waals surface area contributed by atoms with Crippen LogP contribution in [-0.2, 0) is 9.84 Å². The Bertz CT molecular complexity index is 512. The van der Waals surface area contributed by atoms with Crippen LogP contribution in [0.3, 0.4) is 0 Å². The van der Waals surface area contributed by atoms with Crippen LogP contribution < -0.4 is 5.32 Å². The molecule has 18 heavy (non-hydrogen) atoms. The number of sulfone groups is 1. The van der Waals surface area contributed by atoms with E-state index in [4.69, 9.17) is 0 Å². The molecule has 1 aromatic rings. The molecule has 0 aliphatic heterocycles. The Kier molecular flexibility index (Phi) is 4.45. The molecule has 0 saturated carbocycles. The zero-order chi connectivity index (χ0) is 14.0. The smallest absolute Gasteiger partial charge is 0.153 e. The first-order valence-corrected chi connectivity index (χ1v) is 7.75. The van der Waals surface area contributed by atoms with Gasteiger partial charge in [0.2, 0.25) is 0 Å². The third kappa shape index (κ3) is 3.49. The quantitative estimate of drug-likeness (QED) is 0.873. The van der Waals surface area contributed by atoms with Crippen molar-refractivity contribution in [3.05, 3.63) is 23.8 Å². The van der Waals surface area contributed by atoms with Crippen molar-refractivity contribution in [1.82, 2.24) is 15.3 Å². The van der Waals surface area contributed by atoms with Gasteiger partial charge in [0.15, 0.2) is 9.84 Å². The number of rotatable bonds is 5. The monoisotopic (exact) mass is 271 g/mol. The predicted octanol–water partition coefficient (Wildman–Crippen LogP) is 1.26. The summed E-state index contributed by atoms with van der Waals surface area (Å²) in [6.45, 7) is 7.65. The summed E-state index contributed by atoms with van der Waals surface area (Å²) in [5, 5.41) is 3.20. The third-order valence-corrected chi connectivity index (χ3v) is 5.32. The molecule has 1 rings (SSSR count). The normalized spacial score (nSPS) is 14.5. The highest BCUT2D eigenvalue weighted by Crippen LogP contribution is 2.17. The lowest BCUT2D eigenvalue weighted by Crippen LogP contribution is -2.42. The minimum Gasteiger partial charge on any atom is -0.307 e. The van der Waals surface area contributed by atoms with E-state index in [-0.39, 0.29) is 6.04 Å². The summed E-state index contributed by atoms with van der Waals surface area (Å²) < 4.78 is 22.4. The Morgan fingerprint density at radius 2 is 1.89 bits per heavy atom. The average molecular weight is 271 g/mol. The molecular weight excluding hydrogens is 250 g/mol.